The summed E-state index contributed by atoms with van der Waals surface area (Å²) >= 11 is 0. The number of rotatable bonds is 5. The van der Waals surface area contributed by atoms with Crippen LogP contribution in [0.15, 0.2) is 23.3 Å². The molecular formula is C15H19N5O3. The van der Waals surface area contributed by atoms with Gasteiger partial charge in [0.05, 0.1) is 11.3 Å². The van der Waals surface area contributed by atoms with Crippen molar-refractivity contribution in [1.82, 2.24) is 10.6 Å². The van der Waals surface area contributed by atoms with Crippen molar-refractivity contribution in [2.45, 2.75) is 38.8 Å². The predicted octanol–water partition coefficient (Wildman–Crippen LogP) is 1.70. The van der Waals surface area contributed by atoms with E-state index in [1.807, 2.05) is 13.8 Å². The van der Waals surface area contributed by atoms with Gasteiger partial charge in [0.1, 0.15) is 6.04 Å². The van der Waals surface area contributed by atoms with E-state index in [0.29, 0.717) is 5.69 Å². The number of anilines is 1. The number of nitrogens with zero attached hydrogens (tertiary/aromatic N) is 1. The second kappa shape index (κ2) is 6.99. The number of amides is 3. The van der Waals surface area contributed by atoms with Crippen LogP contribution < -0.4 is 16.0 Å². The molecule has 1 fully saturated rings. The minimum absolute atomic E-state index is 0.0816. The number of hydrogen-bond acceptors (Lipinski definition) is 6. The molecule has 1 aromatic carbocycles. The first-order valence-electron chi connectivity index (χ1n) is 7.34. The summed E-state index contributed by atoms with van der Waals surface area (Å²) in [6.07, 6.45) is 0.432. The van der Waals surface area contributed by atoms with Gasteiger partial charge in [-0.2, -0.15) is 5.11 Å². The molecule has 1 heterocycles. The van der Waals surface area contributed by atoms with Crippen LogP contribution in [0.25, 0.3) is 0 Å². The first kappa shape index (κ1) is 16.6. The minimum atomic E-state index is -0.772. The second-order valence-electron chi connectivity index (χ2n) is 5.59. The Labute approximate surface area is 133 Å². The molecule has 8 nitrogen and oxygen atoms in total. The summed E-state index contributed by atoms with van der Waals surface area (Å²) in [6, 6.07) is 4.27. The minimum Gasteiger partial charge on any atom is -0.382 e. The van der Waals surface area contributed by atoms with Crippen LogP contribution in [0.4, 0.5) is 11.4 Å². The van der Waals surface area contributed by atoms with E-state index in [-0.39, 0.29) is 36.0 Å². The fraction of sp³-hybridized carbons (Fsp3) is 0.400. The Morgan fingerprint density at radius 1 is 1.39 bits per heavy atom. The first-order chi connectivity index (χ1) is 10.9. The van der Waals surface area contributed by atoms with Crippen LogP contribution in [0.3, 0.4) is 0 Å². The Balaban J connectivity index is 2.25. The molecule has 0 aromatic heterocycles. The predicted molar refractivity (Wildman–Crippen MR) is 83.6 cm³/mol. The Morgan fingerprint density at radius 2 is 2.13 bits per heavy atom. The topological polar surface area (TPSA) is 124 Å². The molecule has 0 spiro atoms. The monoisotopic (exact) mass is 317 g/mol. The van der Waals surface area contributed by atoms with Crippen molar-refractivity contribution in [3.8, 4) is 0 Å². The molecule has 122 valence electrons. The molecule has 1 saturated heterocycles. The van der Waals surface area contributed by atoms with E-state index >= 15 is 0 Å². The third kappa shape index (κ3) is 3.91. The van der Waals surface area contributed by atoms with Gasteiger partial charge in [-0.3, -0.25) is 19.7 Å². The van der Waals surface area contributed by atoms with Crippen molar-refractivity contribution >= 4 is 29.1 Å². The van der Waals surface area contributed by atoms with Crippen molar-refractivity contribution in [1.29, 1.82) is 5.53 Å². The molecular weight excluding hydrogens is 298 g/mol. The maximum Gasteiger partial charge on any atom is 0.256 e. The zero-order valence-electron chi connectivity index (χ0n) is 13.0. The van der Waals surface area contributed by atoms with Crippen LogP contribution in [-0.4, -0.2) is 29.8 Å². The highest BCUT2D eigenvalue weighted by molar-refractivity contribution is 6.07. The van der Waals surface area contributed by atoms with Crippen LogP contribution in [-0.2, 0) is 9.59 Å². The van der Waals surface area contributed by atoms with Gasteiger partial charge in [0.2, 0.25) is 11.8 Å². The van der Waals surface area contributed by atoms with Crippen molar-refractivity contribution in [2.24, 2.45) is 5.11 Å². The average Bonchev–Trinajstić information content (AvgIpc) is 2.49. The molecule has 1 atom stereocenters. The zero-order valence-corrected chi connectivity index (χ0v) is 13.0. The molecule has 0 radical (unpaired) electrons. The lowest BCUT2D eigenvalue weighted by Crippen LogP contribution is -2.52. The second-order valence-corrected chi connectivity index (χ2v) is 5.59. The molecule has 4 N–H and O–H groups in total. The number of hydrogen-bond donors (Lipinski definition) is 4. The molecule has 1 aliphatic heterocycles. The van der Waals surface area contributed by atoms with Crippen LogP contribution in [0.5, 0.6) is 0 Å². The molecule has 1 aromatic rings. The summed E-state index contributed by atoms with van der Waals surface area (Å²) < 4.78 is 0. The highest BCUT2D eigenvalue weighted by Gasteiger charge is 2.29. The summed E-state index contributed by atoms with van der Waals surface area (Å²) in [6.45, 7) is 3.85. The number of benzene rings is 1. The quantitative estimate of drug-likeness (QED) is 0.487. The summed E-state index contributed by atoms with van der Waals surface area (Å²) in [5, 5.41) is 11.3. The van der Waals surface area contributed by atoms with Gasteiger partial charge in [0, 0.05) is 18.2 Å². The molecule has 3 amide bonds. The van der Waals surface area contributed by atoms with Crippen LogP contribution in [0.2, 0.25) is 0 Å². The Hall–Kier alpha value is -2.77. The fourth-order valence-electron chi connectivity index (χ4n) is 2.36. The van der Waals surface area contributed by atoms with Crippen molar-refractivity contribution in [3.05, 3.63) is 23.8 Å². The van der Waals surface area contributed by atoms with Gasteiger partial charge in [-0.15, -0.1) is 0 Å². The summed E-state index contributed by atoms with van der Waals surface area (Å²) in [5.41, 5.74) is 8.19. The molecule has 1 aliphatic rings. The van der Waals surface area contributed by atoms with Gasteiger partial charge in [-0.25, -0.2) is 5.53 Å². The van der Waals surface area contributed by atoms with E-state index in [1.54, 1.807) is 18.2 Å². The fourth-order valence-corrected chi connectivity index (χ4v) is 2.36. The maximum absolute atomic E-state index is 12.6. The first-order valence-corrected chi connectivity index (χ1v) is 7.34. The van der Waals surface area contributed by atoms with Gasteiger partial charge in [-0.1, -0.05) is 6.07 Å². The van der Waals surface area contributed by atoms with Gasteiger partial charge < -0.3 is 10.6 Å². The van der Waals surface area contributed by atoms with Crippen LogP contribution in [0, 0.1) is 5.53 Å². The van der Waals surface area contributed by atoms with Crippen molar-refractivity contribution in [2.75, 3.05) is 5.32 Å². The Kier molecular flexibility index (Phi) is 5.05. The number of nitrogens with one attached hydrogen (secondary N) is 4. The van der Waals surface area contributed by atoms with Gasteiger partial charge >= 0.3 is 0 Å². The van der Waals surface area contributed by atoms with Gasteiger partial charge in [0.15, 0.2) is 0 Å². The molecule has 0 saturated carbocycles. The lowest BCUT2D eigenvalue weighted by atomic mass is 10.0. The lowest BCUT2D eigenvalue weighted by molar-refractivity contribution is -0.134. The van der Waals surface area contributed by atoms with Crippen LogP contribution >= 0.6 is 0 Å². The third-order valence-electron chi connectivity index (χ3n) is 3.38. The van der Waals surface area contributed by atoms with Crippen LogP contribution in [0.1, 0.15) is 37.0 Å². The van der Waals surface area contributed by atoms with E-state index < -0.39 is 17.9 Å². The molecule has 23 heavy (non-hydrogen) atoms. The van der Waals surface area contributed by atoms with Gasteiger partial charge in [-0.05, 0) is 32.4 Å². The highest BCUT2D eigenvalue weighted by Crippen LogP contribution is 2.27. The van der Waals surface area contributed by atoms with Crippen molar-refractivity contribution < 1.29 is 14.4 Å². The van der Waals surface area contributed by atoms with Gasteiger partial charge in [0.25, 0.3) is 5.91 Å². The molecule has 1 unspecified atom stereocenters. The van der Waals surface area contributed by atoms with E-state index in [9.17, 15) is 14.4 Å². The smallest absolute Gasteiger partial charge is 0.256 e. The van der Waals surface area contributed by atoms with E-state index in [1.165, 1.54) is 0 Å². The number of imide groups is 1. The standard InChI is InChI=1S/C15H19N5O3/c1-8(2)17-9-4-3-5-10(20-16)13(9)15(23)18-11-6-7-12(21)19-14(11)22/h3-5,8,11,16-17H,6-7H2,1-2H3,(H,18,23)(H,19,21,22). The number of carbonyl (C=O) groups excluding carboxylic acids is 3. The summed E-state index contributed by atoms with van der Waals surface area (Å²) in [4.78, 5) is 35.5. The SMILES string of the molecule is CC(C)Nc1cccc(N=N)c1C(=O)NC1CCC(=O)NC1=O. The summed E-state index contributed by atoms with van der Waals surface area (Å²) in [7, 11) is 0. The van der Waals surface area contributed by atoms with Crippen molar-refractivity contribution in [3.63, 3.8) is 0 Å². The third-order valence-corrected chi connectivity index (χ3v) is 3.38. The average molecular weight is 317 g/mol. The molecule has 2 rings (SSSR count). The Bertz CT molecular complexity index is 657. The molecule has 0 aliphatic carbocycles. The maximum atomic E-state index is 12.6. The Morgan fingerprint density at radius 3 is 2.74 bits per heavy atom. The normalized spacial score (nSPS) is 17.6. The molecule has 8 heteroatoms. The highest BCUT2D eigenvalue weighted by atomic mass is 16.2. The summed E-state index contributed by atoms with van der Waals surface area (Å²) in [5.74, 6) is -1.37. The number of carbonyl (C=O) groups is 3. The lowest BCUT2D eigenvalue weighted by Gasteiger charge is -2.23. The largest absolute Gasteiger partial charge is 0.382 e. The van der Waals surface area contributed by atoms with E-state index in [4.69, 9.17) is 5.53 Å². The van der Waals surface area contributed by atoms with E-state index in [2.05, 4.69) is 21.1 Å². The number of piperidine rings is 1. The zero-order chi connectivity index (χ0) is 17.0. The molecule has 0 bridgehead atoms. The van der Waals surface area contributed by atoms with E-state index in [0.717, 1.165) is 0 Å².